The lowest BCUT2D eigenvalue weighted by Crippen LogP contribution is -2.42. The molecular weight excluding hydrogens is 324 g/mol. The average Bonchev–Trinajstić information content (AvgIpc) is 2.63. The molecule has 0 aromatic heterocycles. The average molecular weight is 346 g/mol. The summed E-state index contributed by atoms with van der Waals surface area (Å²) in [7, 11) is -3.43. The summed E-state index contributed by atoms with van der Waals surface area (Å²) in [4.78, 5) is 2.53. The zero-order valence-electron chi connectivity index (χ0n) is 13.5. The lowest BCUT2D eigenvalue weighted by atomic mass is 10.1. The molecule has 0 bridgehead atoms. The summed E-state index contributed by atoms with van der Waals surface area (Å²) in [6.07, 6.45) is 0.0469. The van der Waals surface area contributed by atoms with E-state index >= 15 is 0 Å². The van der Waals surface area contributed by atoms with Gasteiger partial charge in [0.25, 0.3) is 0 Å². The van der Waals surface area contributed by atoms with Gasteiger partial charge < -0.3 is 4.74 Å². The van der Waals surface area contributed by atoms with E-state index in [0.717, 1.165) is 18.7 Å². The molecule has 1 heterocycles. The predicted molar refractivity (Wildman–Crippen MR) is 93.2 cm³/mol. The molecule has 2 aromatic rings. The number of benzene rings is 2. The quantitative estimate of drug-likeness (QED) is 0.870. The maximum Gasteiger partial charge on any atom is 0.240 e. The van der Waals surface area contributed by atoms with Crippen LogP contribution in [0.5, 0.6) is 0 Å². The van der Waals surface area contributed by atoms with Crippen molar-refractivity contribution < 1.29 is 13.2 Å². The van der Waals surface area contributed by atoms with Gasteiger partial charge in [-0.2, -0.15) is 0 Å². The summed E-state index contributed by atoms with van der Waals surface area (Å²) in [6, 6.07) is 18.6. The lowest BCUT2D eigenvalue weighted by molar-refractivity contribution is -0.0291. The first-order chi connectivity index (χ1) is 11.6. The van der Waals surface area contributed by atoms with E-state index in [-0.39, 0.29) is 6.10 Å². The summed E-state index contributed by atoms with van der Waals surface area (Å²) < 4.78 is 32.9. The minimum Gasteiger partial charge on any atom is -0.371 e. The summed E-state index contributed by atoms with van der Waals surface area (Å²) >= 11 is 0. The van der Waals surface area contributed by atoms with Crippen molar-refractivity contribution in [2.75, 3.05) is 32.8 Å². The van der Waals surface area contributed by atoms with Gasteiger partial charge in [0, 0.05) is 26.2 Å². The number of ether oxygens (including phenoxy) is 1. The van der Waals surface area contributed by atoms with E-state index in [4.69, 9.17) is 4.74 Å². The van der Waals surface area contributed by atoms with Crippen LogP contribution in [0.1, 0.15) is 11.7 Å². The molecule has 0 aliphatic carbocycles. The van der Waals surface area contributed by atoms with Gasteiger partial charge in [-0.25, -0.2) is 13.1 Å². The van der Waals surface area contributed by atoms with Crippen LogP contribution in [0.2, 0.25) is 0 Å². The van der Waals surface area contributed by atoms with Gasteiger partial charge in [0.05, 0.1) is 17.6 Å². The first-order valence-corrected chi connectivity index (χ1v) is 9.57. The summed E-state index contributed by atoms with van der Waals surface area (Å²) in [5.41, 5.74) is 1.16. The molecule has 1 fully saturated rings. The molecule has 128 valence electrons. The molecular formula is C18H22N2O3S. The fourth-order valence-corrected chi connectivity index (χ4v) is 3.84. The number of morpholine rings is 1. The Labute approximate surface area is 143 Å². The third-order valence-corrected chi connectivity index (χ3v) is 5.57. The standard InChI is InChI=1S/C18H22N2O3S/c21-24(22,17-9-5-2-6-10-17)19-11-12-20-13-14-23-18(15-20)16-7-3-1-4-8-16/h1-10,18-19H,11-15H2/t18-/m1/s1. The third kappa shape index (κ3) is 4.42. The van der Waals surface area contributed by atoms with E-state index < -0.39 is 10.0 Å². The van der Waals surface area contributed by atoms with Crippen LogP contribution in [0.4, 0.5) is 0 Å². The van der Waals surface area contributed by atoms with Gasteiger partial charge in [-0.05, 0) is 17.7 Å². The molecule has 1 atom stereocenters. The van der Waals surface area contributed by atoms with Crippen LogP contribution in [0.25, 0.3) is 0 Å². The van der Waals surface area contributed by atoms with E-state index in [1.165, 1.54) is 0 Å². The number of hydrogen-bond donors (Lipinski definition) is 1. The van der Waals surface area contributed by atoms with Crippen LogP contribution in [0, 0.1) is 0 Å². The van der Waals surface area contributed by atoms with Gasteiger partial charge in [-0.1, -0.05) is 48.5 Å². The molecule has 0 spiro atoms. The number of nitrogens with one attached hydrogen (secondary N) is 1. The molecule has 24 heavy (non-hydrogen) atoms. The van der Waals surface area contributed by atoms with E-state index in [1.54, 1.807) is 30.3 Å². The summed E-state index contributed by atoms with van der Waals surface area (Å²) in [5.74, 6) is 0. The van der Waals surface area contributed by atoms with Gasteiger partial charge >= 0.3 is 0 Å². The Hall–Kier alpha value is -1.73. The van der Waals surface area contributed by atoms with Crippen molar-refractivity contribution in [1.82, 2.24) is 9.62 Å². The van der Waals surface area contributed by atoms with Gasteiger partial charge in [0.1, 0.15) is 0 Å². The SMILES string of the molecule is O=S(=O)(NCCN1CCO[C@@H](c2ccccc2)C1)c1ccccc1. The van der Waals surface area contributed by atoms with Crippen LogP contribution in [0.15, 0.2) is 65.6 Å². The van der Waals surface area contributed by atoms with E-state index in [9.17, 15) is 8.42 Å². The molecule has 5 nitrogen and oxygen atoms in total. The summed E-state index contributed by atoms with van der Waals surface area (Å²) in [5, 5.41) is 0. The second-order valence-corrected chi connectivity index (χ2v) is 7.55. The maximum atomic E-state index is 12.2. The first-order valence-electron chi connectivity index (χ1n) is 8.09. The third-order valence-electron chi connectivity index (χ3n) is 4.10. The molecule has 0 radical (unpaired) electrons. The molecule has 0 amide bonds. The molecule has 0 unspecified atom stereocenters. The van der Waals surface area contributed by atoms with Crippen molar-refractivity contribution in [3.05, 3.63) is 66.2 Å². The van der Waals surface area contributed by atoms with Crippen molar-refractivity contribution in [2.45, 2.75) is 11.0 Å². The van der Waals surface area contributed by atoms with Crippen molar-refractivity contribution in [3.63, 3.8) is 0 Å². The fourth-order valence-electron chi connectivity index (χ4n) is 2.80. The highest BCUT2D eigenvalue weighted by molar-refractivity contribution is 7.89. The number of sulfonamides is 1. The largest absolute Gasteiger partial charge is 0.371 e. The van der Waals surface area contributed by atoms with Gasteiger partial charge in [0.15, 0.2) is 0 Å². The predicted octanol–water partition coefficient (Wildman–Crippen LogP) is 2.04. The molecule has 0 saturated carbocycles. The van der Waals surface area contributed by atoms with Crippen LogP contribution in [-0.4, -0.2) is 46.1 Å². The molecule has 1 N–H and O–H groups in total. The smallest absolute Gasteiger partial charge is 0.240 e. The molecule has 1 aliphatic heterocycles. The van der Waals surface area contributed by atoms with Gasteiger partial charge in [-0.3, -0.25) is 4.90 Å². The van der Waals surface area contributed by atoms with Gasteiger partial charge in [0.2, 0.25) is 10.0 Å². The minimum absolute atomic E-state index is 0.0469. The Kier molecular flexibility index (Phi) is 5.63. The monoisotopic (exact) mass is 346 g/mol. The number of hydrogen-bond acceptors (Lipinski definition) is 4. The second kappa shape index (κ2) is 7.90. The molecule has 2 aromatic carbocycles. The van der Waals surface area contributed by atoms with Crippen LogP contribution < -0.4 is 4.72 Å². The molecule has 3 rings (SSSR count). The second-order valence-electron chi connectivity index (χ2n) is 5.78. The summed E-state index contributed by atoms with van der Waals surface area (Å²) in [6.45, 7) is 3.30. The molecule has 1 aliphatic rings. The van der Waals surface area contributed by atoms with E-state index in [1.807, 2.05) is 18.2 Å². The van der Waals surface area contributed by atoms with Crippen LogP contribution in [-0.2, 0) is 14.8 Å². The topological polar surface area (TPSA) is 58.6 Å². The zero-order chi connectivity index (χ0) is 16.8. The Balaban J connectivity index is 1.52. The highest BCUT2D eigenvalue weighted by atomic mass is 32.2. The highest BCUT2D eigenvalue weighted by Crippen LogP contribution is 2.21. The maximum absolute atomic E-state index is 12.2. The number of rotatable bonds is 6. The Morgan fingerprint density at radius 2 is 1.71 bits per heavy atom. The Bertz CT molecular complexity index is 735. The highest BCUT2D eigenvalue weighted by Gasteiger charge is 2.22. The zero-order valence-corrected chi connectivity index (χ0v) is 14.3. The Morgan fingerprint density at radius 1 is 1.04 bits per heavy atom. The van der Waals surface area contributed by atoms with Crippen LogP contribution in [0.3, 0.4) is 0 Å². The van der Waals surface area contributed by atoms with Crippen molar-refractivity contribution >= 4 is 10.0 Å². The fraction of sp³-hybridized carbons (Fsp3) is 0.333. The number of nitrogens with zero attached hydrogens (tertiary/aromatic N) is 1. The Morgan fingerprint density at radius 3 is 2.42 bits per heavy atom. The first kappa shape index (κ1) is 17.1. The van der Waals surface area contributed by atoms with Crippen molar-refractivity contribution in [3.8, 4) is 0 Å². The van der Waals surface area contributed by atoms with Crippen LogP contribution >= 0.6 is 0 Å². The lowest BCUT2D eigenvalue weighted by Gasteiger charge is -2.33. The minimum atomic E-state index is -3.43. The van der Waals surface area contributed by atoms with Gasteiger partial charge in [-0.15, -0.1) is 0 Å². The van der Waals surface area contributed by atoms with Crippen molar-refractivity contribution in [1.29, 1.82) is 0 Å². The molecule has 1 saturated heterocycles. The normalized spacial score (nSPS) is 19.2. The van der Waals surface area contributed by atoms with Crippen molar-refractivity contribution in [2.24, 2.45) is 0 Å². The molecule has 6 heteroatoms. The van der Waals surface area contributed by atoms with E-state index in [2.05, 4.69) is 21.8 Å². The van der Waals surface area contributed by atoms with E-state index in [0.29, 0.717) is 24.6 Å².